The van der Waals surface area contributed by atoms with Crippen LogP contribution in [0.1, 0.15) is 22.0 Å². The molecule has 2 aromatic rings. The summed E-state index contributed by atoms with van der Waals surface area (Å²) in [6.07, 6.45) is 0. The number of carboxylic acids is 1. The molecule has 0 fully saturated rings. The van der Waals surface area contributed by atoms with Gasteiger partial charge in [0.15, 0.2) is 6.61 Å². The van der Waals surface area contributed by atoms with Crippen molar-refractivity contribution in [2.24, 2.45) is 0 Å². The number of hydrogen-bond acceptors (Lipinski definition) is 4. The van der Waals surface area contributed by atoms with Gasteiger partial charge in [-0.1, -0.05) is 6.07 Å². The molecule has 0 saturated carbocycles. The minimum Gasteiger partial charge on any atom is -0.482 e. The van der Waals surface area contributed by atoms with Gasteiger partial charge < -0.3 is 20.1 Å². The van der Waals surface area contributed by atoms with Crippen molar-refractivity contribution in [2.75, 3.05) is 27.2 Å². The molecule has 0 aliphatic rings. The normalized spacial score (nSPS) is 11.9. The maximum atomic E-state index is 14.0. The van der Waals surface area contributed by atoms with E-state index in [9.17, 15) is 18.4 Å². The van der Waals surface area contributed by atoms with Gasteiger partial charge in [-0.3, -0.25) is 4.79 Å². The summed E-state index contributed by atoms with van der Waals surface area (Å²) in [6.45, 7) is -0.481. The number of carbonyl (C=O) groups excluding carboxylic acids is 1. The molecule has 2 aromatic carbocycles. The molecule has 2 rings (SSSR count). The number of nitrogens with zero attached hydrogens (tertiary/aromatic N) is 1. The van der Waals surface area contributed by atoms with Crippen molar-refractivity contribution in [2.45, 2.75) is 6.04 Å². The van der Waals surface area contributed by atoms with Crippen LogP contribution >= 0.6 is 0 Å². The molecule has 0 saturated heterocycles. The molecular formula is C19H20F2N2O4. The summed E-state index contributed by atoms with van der Waals surface area (Å²) >= 11 is 0. The molecule has 0 radical (unpaired) electrons. The zero-order valence-electron chi connectivity index (χ0n) is 14.9. The van der Waals surface area contributed by atoms with Crippen LogP contribution in [-0.2, 0) is 4.79 Å². The highest BCUT2D eigenvalue weighted by Crippen LogP contribution is 2.24. The van der Waals surface area contributed by atoms with Crippen LogP contribution in [0.25, 0.3) is 0 Å². The third-order valence-electron chi connectivity index (χ3n) is 3.89. The van der Waals surface area contributed by atoms with E-state index in [4.69, 9.17) is 9.84 Å². The lowest BCUT2D eigenvalue weighted by Crippen LogP contribution is -2.35. The number of halogens is 2. The number of likely N-dealkylation sites (N-methyl/N-ethyl adjacent to an activating group) is 1. The molecule has 1 amide bonds. The average molecular weight is 378 g/mol. The Morgan fingerprint density at radius 1 is 1.11 bits per heavy atom. The Labute approximate surface area is 155 Å². The van der Waals surface area contributed by atoms with E-state index in [1.165, 1.54) is 42.5 Å². The molecule has 0 spiro atoms. The summed E-state index contributed by atoms with van der Waals surface area (Å²) in [6, 6.07) is 8.83. The van der Waals surface area contributed by atoms with Crippen molar-refractivity contribution in [3.63, 3.8) is 0 Å². The largest absolute Gasteiger partial charge is 0.482 e. The number of nitrogens with one attached hydrogen (secondary N) is 1. The molecule has 1 atom stereocenters. The van der Waals surface area contributed by atoms with Gasteiger partial charge in [0, 0.05) is 17.7 Å². The molecule has 1 unspecified atom stereocenters. The Morgan fingerprint density at radius 2 is 1.70 bits per heavy atom. The topological polar surface area (TPSA) is 78.9 Å². The molecule has 8 heteroatoms. The average Bonchev–Trinajstić information content (AvgIpc) is 2.62. The highest BCUT2D eigenvalue weighted by Gasteiger charge is 2.23. The molecule has 0 aliphatic heterocycles. The van der Waals surface area contributed by atoms with Gasteiger partial charge in [-0.05, 0) is 50.5 Å². The predicted molar refractivity (Wildman–Crippen MR) is 94.7 cm³/mol. The van der Waals surface area contributed by atoms with Gasteiger partial charge in [0.25, 0.3) is 5.91 Å². The number of ether oxygens (including phenoxy) is 1. The van der Waals surface area contributed by atoms with Crippen molar-refractivity contribution in [3.8, 4) is 5.75 Å². The van der Waals surface area contributed by atoms with Crippen LogP contribution < -0.4 is 10.1 Å². The van der Waals surface area contributed by atoms with Crippen molar-refractivity contribution in [3.05, 3.63) is 65.2 Å². The van der Waals surface area contributed by atoms with Crippen LogP contribution in [0.3, 0.4) is 0 Å². The number of hydrogen-bond donors (Lipinski definition) is 2. The predicted octanol–water partition coefficient (Wildman–Crippen LogP) is 2.46. The second kappa shape index (κ2) is 9.09. The van der Waals surface area contributed by atoms with E-state index in [1.807, 2.05) is 0 Å². The molecule has 0 aliphatic carbocycles. The van der Waals surface area contributed by atoms with Crippen LogP contribution in [0.2, 0.25) is 0 Å². The quantitative estimate of drug-likeness (QED) is 0.738. The maximum Gasteiger partial charge on any atom is 0.341 e. The van der Waals surface area contributed by atoms with E-state index in [2.05, 4.69) is 5.32 Å². The van der Waals surface area contributed by atoms with Gasteiger partial charge in [0.05, 0.1) is 6.04 Å². The van der Waals surface area contributed by atoms with Gasteiger partial charge >= 0.3 is 5.97 Å². The molecule has 27 heavy (non-hydrogen) atoms. The first-order chi connectivity index (χ1) is 12.8. The van der Waals surface area contributed by atoms with E-state index in [0.717, 1.165) is 0 Å². The molecular weight excluding hydrogens is 358 g/mol. The molecule has 144 valence electrons. The SMILES string of the molecule is CN(C)C(CNC(=O)c1ccc(OCC(=O)O)cc1)c1c(F)cccc1F. The number of carboxylic acid groups (broad SMARTS) is 1. The second-order valence-corrected chi connectivity index (χ2v) is 6.03. The number of amides is 1. The van der Waals surface area contributed by atoms with Crippen molar-refractivity contribution in [1.82, 2.24) is 10.2 Å². The fourth-order valence-corrected chi connectivity index (χ4v) is 2.51. The van der Waals surface area contributed by atoms with Gasteiger partial charge in [-0.2, -0.15) is 0 Å². The van der Waals surface area contributed by atoms with E-state index in [-0.39, 0.29) is 12.1 Å². The van der Waals surface area contributed by atoms with Gasteiger partial charge in [0.1, 0.15) is 17.4 Å². The van der Waals surface area contributed by atoms with Gasteiger partial charge in [0.2, 0.25) is 0 Å². The fraction of sp³-hybridized carbons (Fsp3) is 0.263. The Kier molecular flexibility index (Phi) is 6.84. The summed E-state index contributed by atoms with van der Waals surface area (Å²) in [5, 5.41) is 11.2. The molecule has 0 heterocycles. The van der Waals surface area contributed by atoms with Crippen molar-refractivity contribution < 1.29 is 28.2 Å². The summed E-state index contributed by atoms with van der Waals surface area (Å²) in [7, 11) is 3.33. The third kappa shape index (κ3) is 5.49. The smallest absolute Gasteiger partial charge is 0.341 e. The zero-order chi connectivity index (χ0) is 20.0. The lowest BCUT2D eigenvalue weighted by molar-refractivity contribution is -0.139. The highest BCUT2D eigenvalue weighted by atomic mass is 19.1. The standard InChI is InChI=1S/C19H20F2N2O4/c1-23(2)16(18-14(20)4-3-5-15(18)21)10-22-19(26)12-6-8-13(9-7-12)27-11-17(24)25/h3-9,16H,10-11H2,1-2H3,(H,22,26)(H,24,25). The Morgan fingerprint density at radius 3 is 2.22 bits per heavy atom. The summed E-state index contributed by atoms with van der Waals surface area (Å²) < 4.78 is 33.1. The first-order valence-electron chi connectivity index (χ1n) is 8.12. The number of rotatable bonds is 8. The molecule has 6 nitrogen and oxygen atoms in total. The minimum atomic E-state index is -1.10. The maximum absolute atomic E-state index is 14.0. The van der Waals surface area contributed by atoms with Gasteiger partial charge in [-0.25, -0.2) is 13.6 Å². The third-order valence-corrected chi connectivity index (χ3v) is 3.89. The summed E-state index contributed by atoms with van der Waals surface area (Å²) in [5.41, 5.74) is 0.199. The lowest BCUT2D eigenvalue weighted by Gasteiger charge is -2.25. The van der Waals surface area contributed by atoms with E-state index < -0.39 is 36.2 Å². The van der Waals surface area contributed by atoms with Crippen LogP contribution in [0.15, 0.2) is 42.5 Å². The summed E-state index contributed by atoms with van der Waals surface area (Å²) in [4.78, 5) is 24.4. The first kappa shape index (κ1) is 20.3. The molecule has 0 bridgehead atoms. The van der Waals surface area contributed by atoms with E-state index in [1.54, 1.807) is 19.0 Å². The molecule has 2 N–H and O–H groups in total. The Bertz CT molecular complexity index is 790. The highest BCUT2D eigenvalue weighted by molar-refractivity contribution is 5.94. The van der Waals surface area contributed by atoms with Crippen LogP contribution in [-0.4, -0.2) is 49.1 Å². The van der Waals surface area contributed by atoms with E-state index in [0.29, 0.717) is 11.3 Å². The second-order valence-electron chi connectivity index (χ2n) is 6.03. The summed E-state index contributed by atoms with van der Waals surface area (Å²) in [5.74, 6) is -2.57. The number of aliphatic carboxylic acids is 1. The number of benzene rings is 2. The Balaban J connectivity index is 2.05. The fourth-order valence-electron chi connectivity index (χ4n) is 2.51. The van der Waals surface area contributed by atoms with E-state index >= 15 is 0 Å². The Hall–Kier alpha value is -3.00. The first-order valence-corrected chi connectivity index (χ1v) is 8.12. The zero-order valence-corrected chi connectivity index (χ0v) is 14.9. The van der Waals surface area contributed by atoms with Crippen LogP contribution in [0.5, 0.6) is 5.75 Å². The van der Waals surface area contributed by atoms with Crippen LogP contribution in [0, 0.1) is 11.6 Å². The molecule has 0 aromatic heterocycles. The number of carbonyl (C=O) groups is 2. The minimum absolute atomic E-state index is 0.000945. The van der Waals surface area contributed by atoms with Crippen LogP contribution in [0.4, 0.5) is 8.78 Å². The lowest BCUT2D eigenvalue weighted by atomic mass is 10.0. The monoisotopic (exact) mass is 378 g/mol. The van der Waals surface area contributed by atoms with Gasteiger partial charge in [-0.15, -0.1) is 0 Å². The van der Waals surface area contributed by atoms with Crippen molar-refractivity contribution >= 4 is 11.9 Å². The van der Waals surface area contributed by atoms with Crippen molar-refractivity contribution in [1.29, 1.82) is 0 Å².